The maximum atomic E-state index is 11.7. The number of aryl methyl sites for hydroxylation is 1. The van der Waals surface area contributed by atoms with Crippen LogP contribution in [0.25, 0.3) is 101 Å². The lowest BCUT2D eigenvalue weighted by Gasteiger charge is -2.09. The average Bonchev–Trinajstić information content (AvgIpc) is 1.70. The minimum absolute atomic E-state index is 0.0383. The molecule has 3 aromatic heterocycles. The van der Waals surface area contributed by atoms with Crippen LogP contribution < -0.4 is 9.47 Å². The van der Waals surface area contributed by atoms with Crippen LogP contribution in [0.15, 0.2) is 340 Å². The van der Waals surface area contributed by atoms with Gasteiger partial charge in [-0.3, -0.25) is 4.79 Å². The number of carbonyl (C=O) groups excluding carboxylic acids is 2. The molecule has 0 bridgehead atoms. The molecule has 0 aliphatic rings. The first kappa shape index (κ1) is 77.7. The number of aliphatic hydroxyl groups excluding tert-OH is 2. The van der Waals surface area contributed by atoms with Gasteiger partial charge in [-0.2, -0.15) is 5.26 Å². The second kappa shape index (κ2) is 41.7. The van der Waals surface area contributed by atoms with E-state index in [4.69, 9.17) is 29.4 Å². The van der Waals surface area contributed by atoms with Crippen LogP contribution in [0.5, 0.6) is 11.5 Å². The molecule has 0 saturated carbocycles. The highest BCUT2D eigenvalue weighted by Crippen LogP contribution is 2.31. The van der Waals surface area contributed by atoms with Gasteiger partial charge in [-0.05, 0) is 158 Å². The summed E-state index contributed by atoms with van der Waals surface area (Å²) < 4.78 is 17.2. The highest BCUT2D eigenvalue weighted by atomic mass is 32.1. The average molecular weight is 1410 g/mol. The fourth-order valence-electron chi connectivity index (χ4n) is 9.99. The molecular formula is C93H79N3O7S2. The van der Waals surface area contributed by atoms with E-state index >= 15 is 0 Å². The third-order valence-electron chi connectivity index (χ3n) is 15.6. The quantitative estimate of drug-likeness (QED) is 0.0296. The Kier molecular flexibility index (Phi) is 30.9. The lowest BCUT2D eigenvalue weighted by atomic mass is 10.0. The number of nitrogens with zero attached hydrogens (tertiary/aromatic N) is 3. The van der Waals surface area contributed by atoms with Gasteiger partial charge in [0.25, 0.3) is 0 Å². The Hall–Kier alpha value is -13.0. The number of rotatable bonds is 17. The maximum absolute atomic E-state index is 11.7. The monoisotopic (exact) mass is 1410 g/mol. The lowest BCUT2D eigenvalue weighted by molar-refractivity contribution is 0.0734. The van der Waals surface area contributed by atoms with Crippen molar-refractivity contribution in [2.24, 2.45) is 0 Å². The zero-order valence-electron chi connectivity index (χ0n) is 58.5. The molecule has 11 aromatic carbocycles. The van der Waals surface area contributed by atoms with E-state index in [1.165, 1.54) is 37.9 Å². The maximum Gasteiger partial charge on any atom is 0.343 e. The molecule has 14 aromatic rings. The molecule has 0 aliphatic heterocycles. The fourth-order valence-corrected chi connectivity index (χ4v) is 11.7. The number of hydrogen-bond acceptors (Lipinski definition) is 12. The zero-order chi connectivity index (χ0) is 74.6. The summed E-state index contributed by atoms with van der Waals surface area (Å²) in [7, 11) is 1.54. The number of aromatic nitrogens is 2. The number of esters is 1. The highest BCUT2D eigenvalue weighted by molar-refractivity contribution is 7.21. The van der Waals surface area contributed by atoms with Crippen LogP contribution >= 0.6 is 22.7 Å². The summed E-state index contributed by atoms with van der Waals surface area (Å²) in [5.74, 6) is 1.48. The van der Waals surface area contributed by atoms with Crippen molar-refractivity contribution in [1.29, 1.82) is 5.26 Å². The van der Waals surface area contributed by atoms with Crippen molar-refractivity contribution in [2.45, 2.75) is 20.1 Å². The summed E-state index contributed by atoms with van der Waals surface area (Å²) in [6.45, 7) is 23.9. The van der Waals surface area contributed by atoms with Crippen molar-refractivity contribution in [1.82, 2.24) is 9.97 Å². The van der Waals surface area contributed by atoms with E-state index < -0.39 is 0 Å². The Balaban J connectivity index is 0.000000155. The minimum Gasteiger partial charge on any atom is -0.496 e. The molecule has 520 valence electrons. The molecule has 0 spiro atoms. The van der Waals surface area contributed by atoms with Gasteiger partial charge in [0.05, 0.1) is 47.7 Å². The van der Waals surface area contributed by atoms with E-state index in [-0.39, 0.29) is 19.2 Å². The number of ether oxygens (including phenoxy) is 2. The van der Waals surface area contributed by atoms with E-state index in [0.29, 0.717) is 39.7 Å². The van der Waals surface area contributed by atoms with Gasteiger partial charge in [-0.15, -0.1) is 22.7 Å². The number of aliphatic hydroxyl groups is 2. The predicted molar refractivity (Wildman–Crippen MR) is 440 cm³/mol. The van der Waals surface area contributed by atoms with Crippen molar-refractivity contribution in [3.05, 3.63) is 397 Å². The van der Waals surface area contributed by atoms with Crippen LogP contribution in [0.1, 0.15) is 70.8 Å². The molecule has 0 radical (unpaired) electrons. The van der Waals surface area contributed by atoms with Crippen molar-refractivity contribution >= 4 is 92.7 Å². The topological polar surface area (TPSA) is 156 Å². The van der Waals surface area contributed by atoms with Crippen LogP contribution in [0.3, 0.4) is 0 Å². The summed E-state index contributed by atoms with van der Waals surface area (Å²) in [6.07, 6.45) is 13.1. The Labute approximate surface area is 622 Å². The first-order chi connectivity index (χ1) is 51.3. The number of oxazole rings is 1. The Morgan fingerprint density at radius 2 is 1.01 bits per heavy atom. The normalized spacial score (nSPS) is 10.1. The second-order valence-electron chi connectivity index (χ2n) is 22.8. The van der Waals surface area contributed by atoms with Crippen molar-refractivity contribution in [3.8, 4) is 61.2 Å². The molecule has 2 N–H and O–H groups in total. The molecular weight excluding hydrogens is 1340 g/mol. The smallest absolute Gasteiger partial charge is 0.343 e. The largest absolute Gasteiger partial charge is 0.496 e. The molecule has 14 rings (SSSR count). The number of carbonyl (C=O) groups is 2. The third-order valence-corrected chi connectivity index (χ3v) is 17.6. The van der Waals surface area contributed by atoms with Crippen LogP contribution in [-0.4, -0.2) is 39.5 Å². The molecule has 105 heavy (non-hydrogen) atoms. The Bertz CT molecular complexity index is 4980. The molecule has 12 heteroatoms. The van der Waals surface area contributed by atoms with Crippen molar-refractivity contribution in [2.75, 3.05) is 7.11 Å². The van der Waals surface area contributed by atoms with Crippen molar-refractivity contribution in [3.63, 3.8) is 0 Å². The minimum atomic E-state index is -0.350. The van der Waals surface area contributed by atoms with Gasteiger partial charge < -0.3 is 24.1 Å². The molecule has 0 unspecified atom stereocenters. The second-order valence-corrected chi connectivity index (χ2v) is 24.7. The number of thiazole rings is 1. The first-order valence-electron chi connectivity index (χ1n) is 33.2. The molecule has 0 fully saturated rings. The van der Waals surface area contributed by atoms with E-state index in [2.05, 4.69) is 170 Å². The predicted octanol–water partition coefficient (Wildman–Crippen LogP) is 23.9. The molecule has 0 atom stereocenters. The van der Waals surface area contributed by atoms with E-state index in [1.807, 2.05) is 153 Å². The third kappa shape index (κ3) is 23.8. The number of aldehydes is 1. The summed E-state index contributed by atoms with van der Waals surface area (Å²) in [5.41, 5.74) is 19.1. The summed E-state index contributed by atoms with van der Waals surface area (Å²) in [4.78, 5) is 32.6. The zero-order valence-corrected chi connectivity index (χ0v) is 60.1. The number of hydrogen-bond donors (Lipinski definition) is 2. The van der Waals surface area contributed by atoms with E-state index in [0.717, 1.165) is 78.0 Å². The summed E-state index contributed by atoms with van der Waals surface area (Å²) in [5, 5.41) is 29.6. The summed E-state index contributed by atoms with van der Waals surface area (Å²) >= 11 is 3.49. The molecule has 0 saturated heterocycles. The van der Waals surface area contributed by atoms with Crippen LogP contribution in [0, 0.1) is 18.3 Å². The lowest BCUT2D eigenvalue weighted by Crippen LogP contribution is -2.07. The van der Waals surface area contributed by atoms with Gasteiger partial charge in [-0.1, -0.05) is 276 Å². The van der Waals surface area contributed by atoms with Gasteiger partial charge in [0.15, 0.2) is 5.58 Å². The van der Waals surface area contributed by atoms with E-state index in [9.17, 15) is 9.59 Å². The first-order valence-corrected chi connectivity index (χ1v) is 34.9. The van der Waals surface area contributed by atoms with Crippen LogP contribution in [0.2, 0.25) is 0 Å². The number of para-hydroxylation sites is 3. The number of allylic oxidation sites excluding steroid dienone is 2. The van der Waals surface area contributed by atoms with Crippen molar-refractivity contribution < 1.29 is 33.7 Å². The number of fused-ring (bicyclic) bond motifs is 2. The Morgan fingerprint density at radius 3 is 1.50 bits per heavy atom. The molecule has 10 nitrogen and oxygen atoms in total. The van der Waals surface area contributed by atoms with Gasteiger partial charge in [0, 0.05) is 27.1 Å². The number of nitriles is 1. The highest BCUT2D eigenvalue weighted by Gasteiger charge is 2.11. The van der Waals surface area contributed by atoms with Gasteiger partial charge in [0.1, 0.15) is 28.3 Å². The summed E-state index contributed by atoms with van der Waals surface area (Å²) in [6, 6.07) is 92.5. The number of thiophene rings is 1. The Morgan fingerprint density at radius 1 is 0.514 bits per heavy atom. The SMILES string of the molecule is C=C/C(C#N)=C/c1ccc(CO)cc1.C=Cc1ccc(-c2ccccc2)cc1.C=Cc1ccc(-c2cccs2)cc1.C=Cc1ccc(-c2nc3ccccc3o2)cc1.C=Cc1ccc(-c2nc3ccccc3s2)cc1.C=Cc1ccc(OC(=O)c2ccccc2)cc1.COc1c(C)cc(C=O)cc1CO. The van der Waals surface area contributed by atoms with Gasteiger partial charge in [-0.25, -0.2) is 14.8 Å². The van der Waals surface area contributed by atoms with Gasteiger partial charge in [0.2, 0.25) is 5.89 Å². The number of benzene rings is 11. The fraction of sp³-hybridized carbons (Fsp3) is 0.0430. The van der Waals surface area contributed by atoms with E-state index in [1.54, 1.807) is 90.5 Å². The molecule has 0 aliphatic carbocycles. The molecule has 3 heterocycles. The van der Waals surface area contributed by atoms with Crippen LogP contribution in [-0.2, 0) is 13.2 Å². The standard InChI is InChI=1S/C15H11NO.C15H11NS.C15H12O2.C14H12.C12H11NO.C12H10S.C10H12O3/c2*1-2-11-7-9-12(10-8-11)15-16-13-5-3-4-6-14(13)17-15;1-2-12-8-10-14(11-9-12)17-15(16)13-6-4-3-5-7-13;1-2-12-8-10-14(11-9-12)13-6-4-3-5-7-13;1-2-10(8-13)7-11-3-5-12(9-14)6-4-11;1-2-10-5-7-11(8-6-10)12-4-3-9-13-12;1-7-3-8(5-11)4-9(6-12)10(7)13-2/h2*2-10H,1H2;2-11H,1H2;2-11H,1H2;2-7,14H,1,9H2;2-9H,1H2;3-5,12H,6H2,1-2H3/b;;;;10-7-;;. The van der Waals surface area contributed by atoms with Gasteiger partial charge >= 0.3 is 5.97 Å². The van der Waals surface area contributed by atoms with Crippen LogP contribution in [0.4, 0.5) is 0 Å². The number of methoxy groups -OCH3 is 1. The molecule has 0 amide bonds.